The van der Waals surface area contributed by atoms with E-state index in [1.54, 1.807) is 75.2 Å². The van der Waals surface area contributed by atoms with Gasteiger partial charge in [0, 0.05) is 52.4 Å². The molecule has 13 heteroatoms. The maximum atomic E-state index is 12.0. The summed E-state index contributed by atoms with van der Waals surface area (Å²) in [5, 5.41) is 0. The topological polar surface area (TPSA) is 115 Å². The van der Waals surface area contributed by atoms with Crippen molar-refractivity contribution >= 4 is 30.1 Å². The fourth-order valence-electron chi connectivity index (χ4n) is 4.22. The number of hydrogen-bond donors (Lipinski definition) is 0. The standard InChI is InChI=1S/C9H20N2O2S.C9H19NO2S.C8H17NO2S/c1-9(2,3)14(12,13)11-7-5-10(4)6-8-11;1-9(2,3)13(11,12)10-7-5-4-6-8-10;1-8(2,3)12(10,11)9-6-4-5-7-9/h5-8H2,1-4H3;4-8H2,1-3H3;4-7H2,1-3H3. The largest absolute Gasteiger partial charge is 0.304 e. The third-order valence-electron chi connectivity index (χ3n) is 7.18. The lowest BCUT2D eigenvalue weighted by molar-refractivity contribution is 0.219. The van der Waals surface area contributed by atoms with Gasteiger partial charge < -0.3 is 4.90 Å². The summed E-state index contributed by atoms with van der Waals surface area (Å²) in [5.74, 6) is 0. The zero-order valence-corrected chi connectivity index (χ0v) is 28.6. The van der Waals surface area contributed by atoms with Crippen molar-refractivity contribution in [1.29, 1.82) is 0 Å². The Balaban J connectivity index is 0.000000293. The van der Waals surface area contributed by atoms with Crippen LogP contribution in [0.15, 0.2) is 0 Å². The van der Waals surface area contributed by atoms with Gasteiger partial charge in [0.15, 0.2) is 0 Å². The summed E-state index contributed by atoms with van der Waals surface area (Å²) >= 11 is 0. The molecule has 0 radical (unpaired) electrons. The number of hydrogen-bond acceptors (Lipinski definition) is 7. The first kappa shape index (κ1) is 36.7. The minimum Gasteiger partial charge on any atom is -0.304 e. The zero-order chi connectivity index (χ0) is 30.5. The van der Waals surface area contributed by atoms with Gasteiger partial charge in [0.25, 0.3) is 0 Å². The van der Waals surface area contributed by atoms with Gasteiger partial charge in [-0.15, -0.1) is 0 Å². The van der Waals surface area contributed by atoms with E-state index < -0.39 is 44.3 Å². The van der Waals surface area contributed by atoms with Crippen molar-refractivity contribution in [2.24, 2.45) is 0 Å². The van der Waals surface area contributed by atoms with E-state index in [0.717, 1.165) is 45.2 Å². The predicted octanol–water partition coefficient (Wildman–Crippen LogP) is 3.17. The summed E-state index contributed by atoms with van der Waals surface area (Å²) in [4.78, 5) is 2.15. The second-order valence-corrected chi connectivity index (χ2v) is 21.7. The van der Waals surface area contributed by atoms with E-state index in [1.165, 1.54) is 0 Å². The van der Waals surface area contributed by atoms with Crippen LogP contribution in [0.25, 0.3) is 0 Å². The van der Waals surface area contributed by atoms with Gasteiger partial charge in [0.2, 0.25) is 30.1 Å². The van der Waals surface area contributed by atoms with Crippen LogP contribution >= 0.6 is 0 Å². The highest BCUT2D eigenvalue weighted by Crippen LogP contribution is 2.25. The summed E-state index contributed by atoms with van der Waals surface area (Å²) in [6.07, 6.45) is 5.20. The first-order chi connectivity index (χ1) is 17.5. The van der Waals surface area contributed by atoms with Gasteiger partial charge in [0.1, 0.15) is 0 Å². The second kappa shape index (κ2) is 13.8. The molecule has 3 aliphatic heterocycles. The number of rotatable bonds is 3. The maximum absolute atomic E-state index is 12.0. The average Bonchev–Trinajstić information content (AvgIpc) is 3.34. The molecule has 0 amide bonds. The van der Waals surface area contributed by atoms with E-state index in [9.17, 15) is 25.3 Å². The van der Waals surface area contributed by atoms with Crippen LogP contribution in [0.2, 0.25) is 0 Å². The predicted molar refractivity (Wildman–Crippen MR) is 161 cm³/mol. The Morgan fingerprint density at radius 2 is 0.615 bits per heavy atom. The average molecular weight is 617 g/mol. The van der Waals surface area contributed by atoms with Gasteiger partial charge in [-0.25, -0.2) is 33.9 Å². The van der Waals surface area contributed by atoms with Crippen LogP contribution in [0.5, 0.6) is 0 Å². The molecule has 0 saturated carbocycles. The molecular formula is C26H56N4O6S3. The lowest BCUT2D eigenvalue weighted by Crippen LogP contribution is -2.51. The van der Waals surface area contributed by atoms with Crippen molar-refractivity contribution in [3.8, 4) is 0 Å². The Kier molecular flexibility index (Phi) is 13.0. The first-order valence-corrected chi connectivity index (χ1v) is 18.5. The van der Waals surface area contributed by atoms with E-state index >= 15 is 0 Å². The Morgan fingerprint density at radius 1 is 0.385 bits per heavy atom. The van der Waals surface area contributed by atoms with Crippen molar-refractivity contribution in [2.75, 3.05) is 59.4 Å². The molecule has 3 fully saturated rings. The van der Waals surface area contributed by atoms with Crippen LogP contribution in [0.1, 0.15) is 94.4 Å². The summed E-state index contributed by atoms with van der Waals surface area (Å²) in [5.41, 5.74) is 0. The first-order valence-electron chi connectivity index (χ1n) is 14.1. The van der Waals surface area contributed by atoms with Crippen molar-refractivity contribution in [1.82, 2.24) is 17.8 Å². The zero-order valence-electron chi connectivity index (χ0n) is 26.2. The summed E-state index contributed by atoms with van der Waals surface area (Å²) in [7, 11) is -7.21. The van der Waals surface area contributed by atoms with Crippen LogP contribution in [0, 0.1) is 0 Å². The smallest absolute Gasteiger partial charge is 0.219 e. The normalized spacial score (nSPS) is 22.0. The number of sulfonamides is 3. The molecule has 3 heterocycles. The molecule has 3 rings (SSSR count). The lowest BCUT2D eigenvalue weighted by Gasteiger charge is -2.35. The van der Waals surface area contributed by atoms with Crippen LogP contribution in [0.3, 0.4) is 0 Å². The third kappa shape index (κ3) is 9.89. The minimum atomic E-state index is -3.12. The molecule has 0 aromatic rings. The molecule has 0 aliphatic carbocycles. The molecule has 0 aromatic heterocycles. The van der Waals surface area contributed by atoms with Gasteiger partial charge in [0.05, 0.1) is 14.2 Å². The van der Waals surface area contributed by atoms with Crippen LogP contribution in [0.4, 0.5) is 0 Å². The molecule has 0 unspecified atom stereocenters. The molecular weight excluding hydrogens is 561 g/mol. The van der Waals surface area contributed by atoms with E-state index in [-0.39, 0.29) is 0 Å². The van der Waals surface area contributed by atoms with Crippen molar-refractivity contribution in [3.63, 3.8) is 0 Å². The summed E-state index contributed by atoms with van der Waals surface area (Å²) in [6, 6.07) is 0. The van der Waals surface area contributed by atoms with Gasteiger partial charge >= 0.3 is 0 Å². The molecule has 234 valence electrons. The quantitative estimate of drug-likeness (QED) is 0.478. The molecule has 10 nitrogen and oxygen atoms in total. The highest BCUT2D eigenvalue weighted by Gasteiger charge is 2.38. The fourth-order valence-corrected chi connectivity index (χ4v) is 8.67. The van der Waals surface area contributed by atoms with Crippen LogP contribution < -0.4 is 0 Å². The Labute approximate surface area is 240 Å². The number of piperidine rings is 1. The monoisotopic (exact) mass is 616 g/mol. The third-order valence-corrected chi connectivity index (χ3v) is 15.0. The van der Waals surface area contributed by atoms with Gasteiger partial charge in [-0.05, 0) is 95.0 Å². The lowest BCUT2D eigenvalue weighted by atomic mass is 10.2. The van der Waals surface area contributed by atoms with E-state index in [1.807, 2.05) is 7.05 Å². The van der Waals surface area contributed by atoms with E-state index in [2.05, 4.69) is 4.90 Å². The van der Waals surface area contributed by atoms with E-state index in [4.69, 9.17) is 0 Å². The number of likely N-dealkylation sites (N-methyl/N-ethyl adjacent to an activating group) is 1. The second-order valence-electron chi connectivity index (χ2n) is 13.6. The Morgan fingerprint density at radius 3 is 0.872 bits per heavy atom. The summed E-state index contributed by atoms with van der Waals surface area (Å²) in [6.45, 7) is 21.5. The van der Waals surface area contributed by atoms with Crippen molar-refractivity contribution in [3.05, 3.63) is 0 Å². The summed E-state index contributed by atoms with van der Waals surface area (Å²) < 4.78 is 74.3. The number of piperazine rings is 1. The van der Waals surface area contributed by atoms with Crippen molar-refractivity contribution < 1.29 is 25.3 Å². The van der Waals surface area contributed by atoms with Gasteiger partial charge in [-0.1, -0.05) is 6.42 Å². The van der Waals surface area contributed by atoms with Gasteiger partial charge in [-0.2, -0.15) is 4.31 Å². The van der Waals surface area contributed by atoms with Crippen LogP contribution in [-0.2, 0) is 30.1 Å². The fraction of sp³-hybridized carbons (Fsp3) is 1.00. The molecule has 3 saturated heterocycles. The highest BCUT2D eigenvalue weighted by atomic mass is 32.2. The molecule has 0 aromatic carbocycles. The molecule has 0 bridgehead atoms. The Hall–Kier alpha value is -0.310. The molecule has 0 N–H and O–H groups in total. The molecule has 0 atom stereocenters. The van der Waals surface area contributed by atoms with Gasteiger partial charge in [-0.3, -0.25) is 0 Å². The molecule has 0 spiro atoms. The van der Waals surface area contributed by atoms with E-state index in [0.29, 0.717) is 39.3 Å². The van der Waals surface area contributed by atoms with Crippen molar-refractivity contribution in [2.45, 2.75) is 109 Å². The minimum absolute atomic E-state index is 0.621. The maximum Gasteiger partial charge on any atom is 0.219 e. The number of nitrogens with zero attached hydrogens (tertiary/aromatic N) is 4. The SMILES string of the molecule is CC(C)(C)S(=O)(=O)N1CCCC1.CC(C)(C)S(=O)(=O)N1CCCCC1.CN1CCN(S(=O)(=O)C(C)(C)C)CC1. The molecule has 3 aliphatic rings. The van der Waals surface area contributed by atoms with Crippen LogP contribution in [-0.4, -0.2) is 117 Å². The highest BCUT2D eigenvalue weighted by molar-refractivity contribution is 7.91. The molecule has 39 heavy (non-hydrogen) atoms. The Bertz CT molecular complexity index is 1070.